The number of thioether (sulfide) groups is 1. The zero-order valence-corrected chi connectivity index (χ0v) is 4.46. The van der Waals surface area contributed by atoms with Gasteiger partial charge in [0.15, 0.2) is 0 Å². The minimum atomic E-state index is 0.377. The average Bonchev–Trinajstić information content (AvgIpc) is 1.35. The first kappa shape index (κ1) is 5.69. The highest BCUT2D eigenvalue weighted by Gasteiger charge is 1.67. The lowest BCUT2D eigenvalue weighted by molar-refractivity contribution is 1.27. The van der Waals surface area contributed by atoms with Crippen LogP contribution >= 0.6 is 11.8 Å². The van der Waals surface area contributed by atoms with Crippen LogP contribution in [0.3, 0.4) is 0 Å². The van der Waals surface area contributed by atoms with Gasteiger partial charge in [-0.15, -0.1) is 11.8 Å². The van der Waals surface area contributed by atoms with E-state index in [1.54, 1.807) is 5.41 Å². The van der Waals surface area contributed by atoms with E-state index in [0.717, 1.165) is 0 Å². The molecule has 6 heavy (non-hydrogen) atoms. The normalized spacial score (nSPS) is 7.50. The van der Waals surface area contributed by atoms with Crippen molar-refractivity contribution in [1.29, 1.82) is 0 Å². The Morgan fingerprint density at radius 2 is 2.17 bits per heavy atom. The lowest BCUT2D eigenvalue weighted by Crippen LogP contribution is -2.06. The van der Waals surface area contributed by atoms with Gasteiger partial charge in [0, 0.05) is 5.41 Å². The molecule has 0 amide bonds. The van der Waals surface area contributed by atoms with Crippen molar-refractivity contribution in [3.05, 3.63) is 11.2 Å². The van der Waals surface area contributed by atoms with Gasteiger partial charge in [0.05, 0.1) is 5.82 Å². The third kappa shape index (κ3) is 3.69. The van der Waals surface area contributed by atoms with Crippen molar-refractivity contribution in [3.63, 3.8) is 0 Å². The van der Waals surface area contributed by atoms with Crippen LogP contribution in [0.1, 0.15) is 0 Å². The number of nitrogens with two attached hydrogens (primary N) is 2. The number of hydrogen-bond donors (Lipinski definition) is 2. The Balaban J connectivity index is 3.14. The lowest BCUT2D eigenvalue weighted by Gasteiger charge is -1.82. The van der Waals surface area contributed by atoms with Crippen LogP contribution in [-0.2, 0) is 0 Å². The third-order valence-electron chi connectivity index (χ3n) is 0.254. The molecule has 0 fully saturated rings. The highest BCUT2D eigenvalue weighted by molar-refractivity contribution is 8.01. The van der Waals surface area contributed by atoms with E-state index in [0.29, 0.717) is 5.82 Å². The van der Waals surface area contributed by atoms with Gasteiger partial charge >= 0.3 is 0 Å². The summed E-state index contributed by atoms with van der Waals surface area (Å²) in [5, 5.41) is 1.68. The standard InChI is InChI=1S/C3H8N2S/c1-6-2-3(4)5/h2H,4-5H2,1H3. The first-order chi connectivity index (χ1) is 2.77. The maximum atomic E-state index is 5.02. The maximum absolute atomic E-state index is 5.02. The molecule has 0 aliphatic rings. The molecule has 0 saturated heterocycles. The topological polar surface area (TPSA) is 52.0 Å². The molecular formula is C3H8N2S. The summed E-state index contributed by atoms with van der Waals surface area (Å²) in [4.78, 5) is 0. The molecule has 0 aromatic rings. The van der Waals surface area contributed by atoms with E-state index >= 15 is 0 Å². The van der Waals surface area contributed by atoms with Gasteiger partial charge < -0.3 is 11.5 Å². The summed E-state index contributed by atoms with van der Waals surface area (Å²) in [7, 11) is 0. The van der Waals surface area contributed by atoms with Crippen molar-refractivity contribution in [1.82, 2.24) is 0 Å². The van der Waals surface area contributed by atoms with Crippen LogP contribution in [0.4, 0.5) is 0 Å². The first-order valence-corrected chi connectivity index (χ1v) is 2.80. The molecule has 0 unspecified atom stereocenters. The summed E-state index contributed by atoms with van der Waals surface area (Å²) in [6.45, 7) is 0. The molecule has 36 valence electrons. The molecular weight excluding hydrogens is 96.1 g/mol. The molecule has 0 aliphatic heterocycles. The van der Waals surface area contributed by atoms with Gasteiger partial charge in [-0.05, 0) is 6.26 Å². The molecule has 0 saturated carbocycles. The number of hydrogen-bond acceptors (Lipinski definition) is 3. The molecule has 2 nitrogen and oxygen atoms in total. The van der Waals surface area contributed by atoms with E-state index in [9.17, 15) is 0 Å². The maximum Gasteiger partial charge on any atom is 0.0998 e. The van der Waals surface area contributed by atoms with Gasteiger partial charge in [-0.25, -0.2) is 0 Å². The minimum absolute atomic E-state index is 0.377. The molecule has 4 N–H and O–H groups in total. The van der Waals surface area contributed by atoms with Crippen molar-refractivity contribution in [2.45, 2.75) is 0 Å². The van der Waals surface area contributed by atoms with Crippen LogP contribution in [0.15, 0.2) is 11.2 Å². The molecule has 0 radical (unpaired) electrons. The zero-order valence-electron chi connectivity index (χ0n) is 3.64. The SMILES string of the molecule is CSC=C(N)N. The molecule has 0 aliphatic carbocycles. The van der Waals surface area contributed by atoms with Gasteiger partial charge in [0.1, 0.15) is 0 Å². The van der Waals surface area contributed by atoms with Crippen LogP contribution in [0, 0.1) is 0 Å². The summed E-state index contributed by atoms with van der Waals surface area (Å²) < 4.78 is 0. The fourth-order valence-electron chi connectivity index (χ4n) is 0.136. The van der Waals surface area contributed by atoms with E-state index in [-0.39, 0.29) is 0 Å². The van der Waals surface area contributed by atoms with Crippen molar-refractivity contribution >= 4 is 11.8 Å². The summed E-state index contributed by atoms with van der Waals surface area (Å²) in [6, 6.07) is 0. The van der Waals surface area contributed by atoms with E-state index in [2.05, 4.69) is 0 Å². The second kappa shape index (κ2) is 2.90. The third-order valence-corrected chi connectivity index (χ3v) is 0.762. The molecule has 0 aromatic carbocycles. The number of rotatable bonds is 1. The fourth-order valence-corrected chi connectivity index (χ4v) is 0.408. The summed E-state index contributed by atoms with van der Waals surface area (Å²) >= 11 is 1.50. The molecule has 0 aromatic heterocycles. The zero-order chi connectivity index (χ0) is 4.99. The Morgan fingerprint density at radius 3 is 2.17 bits per heavy atom. The van der Waals surface area contributed by atoms with Crippen molar-refractivity contribution < 1.29 is 0 Å². The Labute approximate surface area is 41.6 Å². The average molecular weight is 104 g/mol. The largest absolute Gasteiger partial charge is 0.385 e. The van der Waals surface area contributed by atoms with Gasteiger partial charge in [0.25, 0.3) is 0 Å². The van der Waals surface area contributed by atoms with Crippen LogP contribution in [0.25, 0.3) is 0 Å². The smallest absolute Gasteiger partial charge is 0.0998 e. The Kier molecular flexibility index (Phi) is 2.75. The van der Waals surface area contributed by atoms with E-state index in [1.807, 2.05) is 6.26 Å². The quantitative estimate of drug-likeness (QED) is 0.495. The van der Waals surface area contributed by atoms with Crippen LogP contribution in [0.5, 0.6) is 0 Å². The molecule has 0 spiro atoms. The predicted molar refractivity (Wildman–Crippen MR) is 30.0 cm³/mol. The highest BCUT2D eigenvalue weighted by Crippen LogP contribution is 1.91. The summed E-state index contributed by atoms with van der Waals surface area (Å²) in [5.74, 6) is 0.377. The second-order valence-electron chi connectivity index (χ2n) is 0.854. The van der Waals surface area contributed by atoms with Gasteiger partial charge in [-0.3, -0.25) is 0 Å². The van der Waals surface area contributed by atoms with Crippen molar-refractivity contribution in [2.24, 2.45) is 11.5 Å². The van der Waals surface area contributed by atoms with E-state index < -0.39 is 0 Å². The first-order valence-electron chi connectivity index (χ1n) is 1.51. The molecule has 0 rings (SSSR count). The van der Waals surface area contributed by atoms with Gasteiger partial charge in [0.2, 0.25) is 0 Å². The Bertz CT molecular complexity index is 55.8. The fraction of sp³-hybridized carbons (Fsp3) is 0.333. The second-order valence-corrected chi connectivity index (χ2v) is 1.56. The van der Waals surface area contributed by atoms with Crippen LogP contribution in [0.2, 0.25) is 0 Å². The molecule has 3 heteroatoms. The Hall–Kier alpha value is -0.310. The van der Waals surface area contributed by atoms with Crippen LogP contribution in [-0.4, -0.2) is 6.26 Å². The van der Waals surface area contributed by atoms with E-state index in [1.165, 1.54) is 11.8 Å². The van der Waals surface area contributed by atoms with E-state index in [4.69, 9.17) is 11.5 Å². The van der Waals surface area contributed by atoms with Crippen molar-refractivity contribution in [3.8, 4) is 0 Å². The summed E-state index contributed by atoms with van der Waals surface area (Å²) in [5.41, 5.74) is 10.0. The lowest BCUT2D eigenvalue weighted by atomic mass is 10.9. The summed E-state index contributed by atoms with van der Waals surface area (Å²) in [6.07, 6.45) is 1.90. The Morgan fingerprint density at radius 1 is 1.67 bits per heavy atom. The van der Waals surface area contributed by atoms with Gasteiger partial charge in [-0.1, -0.05) is 0 Å². The van der Waals surface area contributed by atoms with Crippen LogP contribution < -0.4 is 11.5 Å². The predicted octanol–water partition coefficient (Wildman–Crippen LogP) is 0.0657. The highest BCUT2D eigenvalue weighted by atomic mass is 32.2. The minimum Gasteiger partial charge on any atom is -0.385 e. The van der Waals surface area contributed by atoms with Gasteiger partial charge in [-0.2, -0.15) is 0 Å². The molecule has 0 atom stereocenters. The molecule has 0 heterocycles. The monoisotopic (exact) mass is 104 g/mol. The van der Waals surface area contributed by atoms with Crippen molar-refractivity contribution in [2.75, 3.05) is 6.26 Å². The molecule has 0 bridgehead atoms.